The summed E-state index contributed by atoms with van der Waals surface area (Å²) in [6.45, 7) is 5.04. The van der Waals surface area contributed by atoms with Crippen molar-refractivity contribution in [3.05, 3.63) is 0 Å². The van der Waals surface area contributed by atoms with E-state index in [9.17, 15) is 19.5 Å². The van der Waals surface area contributed by atoms with Crippen molar-refractivity contribution in [3.8, 4) is 0 Å². The zero-order valence-corrected chi connectivity index (χ0v) is 10.5. The van der Waals surface area contributed by atoms with Crippen molar-refractivity contribution in [2.45, 2.75) is 45.3 Å². The number of carbonyl (C=O) groups excluding carboxylic acids is 3. The second-order valence-electron chi connectivity index (χ2n) is 4.54. The number of ketones is 1. The Balaban J connectivity index is 4.11. The molecule has 0 heterocycles. The Morgan fingerprint density at radius 2 is 1.76 bits per heavy atom. The van der Waals surface area contributed by atoms with Crippen LogP contribution in [0.4, 0.5) is 0 Å². The van der Waals surface area contributed by atoms with Gasteiger partial charge < -0.3 is 14.6 Å². The van der Waals surface area contributed by atoms with Crippen LogP contribution in [0.3, 0.4) is 0 Å². The molecule has 0 saturated carbocycles. The van der Waals surface area contributed by atoms with Crippen molar-refractivity contribution >= 4 is 17.7 Å². The molecule has 0 aliphatic heterocycles. The van der Waals surface area contributed by atoms with Crippen LogP contribution in [0.5, 0.6) is 0 Å². The van der Waals surface area contributed by atoms with E-state index in [0.29, 0.717) is 0 Å². The first-order valence-corrected chi connectivity index (χ1v) is 5.15. The fraction of sp³-hybridized carbons (Fsp3) is 0.727. The number of Topliss-reactive ketones (excluding diaryl/α,β-unsaturated/α-hetero) is 1. The van der Waals surface area contributed by atoms with E-state index >= 15 is 0 Å². The number of aliphatic hydroxyl groups excluding tert-OH is 1. The Hall–Kier alpha value is -1.43. The molecule has 0 aliphatic carbocycles. The molecule has 0 rings (SSSR count). The number of ether oxygens (including phenoxy) is 2. The first-order valence-electron chi connectivity index (χ1n) is 5.15. The van der Waals surface area contributed by atoms with Crippen molar-refractivity contribution in [1.82, 2.24) is 0 Å². The minimum atomic E-state index is -1.53. The van der Waals surface area contributed by atoms with Crippen LogP contribution in [0.1, 0.15) is 33.6 Å². The summed E-state index contributed by atoms with van der Waals surface area (Å²) in [5.74, 6) is -2.15. The minimum Gasteiger partial charge on any atom is -0.467 e. The van der Waals surface area contributed by atoms with Crippen LogP contribution >= 0.6 is 0 Å². The average molecular weight is 246 g/mol. The number of hydrogen-bond acceptors (Lipinski definition) is 6. The van der Waals surface area contributed by atoms with Crippen molar-refractivity contribution < 1.29 is 29.0 Å². The van der Waals surface area contributed by atoms with Gasteiger partial charge in [-0.25, -0.2) is 4.79 Å². The standard InChI is InChI=1S/C11H18O6/c1-11(2,3)17-9(14)6-7(12)5-8(13)10(15)16-4/h8,13H,5-6H2,1-4H3. The van der Waals surface area contributed by atoms with Crippen LogP contribution in [-0.2, 0) is 23.9 Å². The van der Waals surface area contributed by atoms with Gasteiger partial charge in [0.25, 0.3) is 0 Å². The largest absolute Gasteiger partial charge is 0.467 e. The zero-order chi connectivity index (χ0) is 13.6. The highest BCUT2D eigenvalue weighted by Gasteiger charge is 2.23. The molecule has 0 amide bonds. The number of carbonyl (C=O) groups is 3. The zero-order valence-electron chi connectivity index (χ0n) is 10.5. The predicted molar refractivity (Wildman–Crippen MR) is 58.1 cm³/mol. The molecule has 0 saturated heterocycles. The van der Waals surface area contributed by atoms with Gasteiger partial charge in [0.2, 0.25) is 0 Å². The fourth-order valence-corrected chi connectivity index (χ4v) is 1.05. The summed E-state index contributed by atoms with van der Waals surface area (Å²) >= 11 is 0. The summed E-state index contributed by atoms with van der Waals surface area (Å²) in [6.07, 6.45) is -2.45. The maximum absolute atomic E-state index is 11.3. The van der Waals surface area contributed by atoms with Crippen molar-refractivity contribution in [2.75, 3.05) is 7.11 Å². The van der Waals surface area contributed by atoms with Crippen molar-refractivity contribution in [2.24, 2.45) is 0 Å². The number of aliphatic hydroxyl groups is 1. The highest BCUT2D eigenvalue weighted by molar-refractivity contribution is 5.97. The molecule has 98 valence electrons. The first-order chi connectivity index (χ1) is 7.65. The maximum Gasteiger partial charge on any atom is 0.335 e. The number of esters is 2. The highest BCUT2D eigenvalue weighted by Crippen LogP contribution is 2.09. The fourth-order valence-electron chi connectivity index (χ4n) is 1.05. The molecule has 0 aliphatic rings. The molecule has 1 N–H and O–H groups in total. The van der Waals surface area contributed by atoms with E-state index in [4.69, 9.17) is 4.74 Å². The van der Waals surface area contributed by atoms with Gasteiger partial charge in [0.1, 0.15) is 17.8 Å². The van der Waals surface area contributed by atoms with Crippen LogP contribution in [0.15, 0.2) is 0 Å². The Morgan fingerprint density at radius 3 is 2.18 bits per heavy atom. The molecule has 0 aromatic carbocycles. The van der Waals surface area contributed by atoms with E-state index in [2.05, 4.69) is 4.74 Å². The summed E-state index contributed by atoms with van der Waals surface area (Å²) in [5.41, 5.74) is -0.668. The molecule has 0 aromatic heterocycles. The Bertz CT molecular complexity index is 302. The molecule has 1 atom stereocenters. The van der Waals surface area contributed by atoms with Crippen LogP contribution in [0.2, 0.25) is 0 Å². The molecule has 0 spiro atoms. The summed E-state index contributed by atoms with van der Waals surface area (Å²) in [6, 6.07) is 0. The molecule has 17 heavy (non-hydrogen) atoms. The van der Waals surface area contributed by atoms with Gasteiger partial charge in [-0.05, 0) is 20.8 Å². The summed E-state index contributed by atoms with van der Waals surface area (Å²) < 4.78 is 9.16. The number of hydrogen-bond donors (Lipinski definition) is 1. The first kappa shape index (κ1) is 15.6. The van der Waals surface area contributed by atoms with E-state index in [1.807, 2.05) is 0 Å². The quantitative estimate of drug-likeness (QED) is 0.551. The smallest absolute Gasteiger partial charge is 0.335 e. The molecule has 0 aromatic rings. The van der Waals surface area contributed by atoms with Crippen LogP contribution < -0.4 is 0 Å². The van der Waals surface area contributed by atoms with E-state index in [0.717, 1.165) is 7.11 Å². The summed E-state index contributed by atoms with van der Waals surface area (Å²) in [4.78, 5) is 33.4. The van der Waals surface area contributed by atoms with Gasteiger partial charge in [0.05, 0.1) is 7.11 Å². The predicted octanol–water partition coefficient (Wildman–Crippen LogP) is 0.211. The van der Waals surface area contributed by atoms with Gasteiger partial charge in [0.15, 0.2) is 6.10 Å². The van der Waals surface area contributed by atoms with Crippen LogP contribution in [-0.4, -0.2) is 41.6 Å². The lowest BCUT2D eigenvalue weighted by atomic mass is 10.1. The molecule has 0 bridgehead atoms. The van der Waals surface area contributed by atoms with E-state index in [1.165, 1.54) is 0 Å². The molecule has 6 heteroatoms. The van der Waals surface area contributed by atoms with Gasteiger partial charge in [-0.1, -0.05) is 0 Å². The average Bonchev–Trinajstić information content (AvgIpc) is 2.12. The van der Waals surface area contributed by atoms with Crippen molar-refractivity contribution in [1.29, 1.82) is 0 Å². The number of methoxy groups -OCH3 is 1. The third-order valence-electron chi connectivity index (χ3n) is 1.66. The topological polar surface area (TPSA) is 89.9 Å². The molecular formula is C11H18O6. The second kappa shape index (κ2) is 6.34. The van der Waals surface area contributed by atoms with E-state index in [1.54, 1.807) is 20.8 Å². The van der Waals surface area contributed by atoms with E-state index in [-0.39, 0.29) is 0 Å². The SMILES string of the molecule is COC(=O)C(O)CC(=O)CC(=O)OC(C)(C)C. The van der Waals surface area contributed by atoms with Gasteiger partial charge in [-0.2, -0.15) is 0 Å². The lowest BCUT2D eigenvalue weighted by Crippen LogP contribution is -2.28. The molecule has 0 radical (unpaired) electrons. The van der Waals surface area contributed by atoms with Gasteiger partial charge in [0, 0.05) is 6.42 Å². The molecular weight excluding hydrogens is 228 g/mol. The third-order valence-corrected chi connectivity index (χ3v) is 1.66. The van der Waals surface area contributed by atoms with Crippen LogP contribution in [0, 0.1) is 0 Å². The third kappa shape index (κ3) is 7.46. The van der Waals surface area contributed by atoms with Gasteiger partial charge in [-0.3, -0.25) is 9.59 Å². The summed E-state index contributed by atoms with van der Waals surface area (Å²) in [5, 5.41) is 9.19. The van der Waals surface area contributed by atoms with Crippen LogP contribution in [0.25, 0.3) is 0 Å². The molecule has 6 nitrogen and oxygen atoms in total. The van der Waals surface area contributed by atoms with Crippen molar-refractivity contribution in [3.63, 3.8) is 0 Å². The molecule has 1 unspecified atom stereocenters. The maximum atomic E-state index is 11.3. The lowest BCUT2D eigenvalue weighted by molar-refractivity contribution is -0.158. The normalized spacial score (nSPS) is 12.8. The van der Waals surface area contributed by atoms with Gasteiger partial charge >= 0.3 is 11.9 Å². The monoisotopic (exact) mass is 246 g/mol. The Morgan fingerprint density at radius 1 is 1.24 bits per heavy atom. The van der Waals surface area contributed by atoms with Gasteiger partial charge in [-0.15, -0.1) is 0 Å². The number of rotatable bonds is 5. The Kier molecular flexibility index (Phi) is 5.81. The second-order valence-corrected chi connectivity index (χ2v) is 4.54. The molecule has 0 fully saturated rings. The Labute approximate surface area is 99.9 Å². The minimum absolute atomic E-state index is 0.452. The highest BCUT2D eigenvalue weighted by atomic mass is 16.6. The van der Waals surface area contributed by atoms with E-state index < -0.39 is 42.3 Å². The lowest BCUT2D eigenvalue weighted by Gasteiger charge is -2.19. The summed E-state index contributed by atoms with van der Waals surface area (Å²) in [7, 11) is 1.10.